The summed E-state index contributed by atoms with van der Waals surface area (Å²) in [4.78, 5) is 6.86. The Bertz CT molecular complexity index is 338. The lowest BCUT2D eigenvalue weighted by Crippen LogP contribution is -2.30. The van der Waals surface area contributed by atoms with E-state index in [4.69, 9.17) is 0 Å². The van der Waals surface area contributed by atoms with Crippen LogP contribution in [-0.4, -0.2) is 22.5 Å². The van der Waals surface area contributed by atoms with Crippen molar-refractivity contribution in [1.29, 1.82) is 0 Å². The van der Waals surface area contributed by atoms with Gasteiger partial charge in [0.2, 0.25) is 0 Å². The van der Waals surface area contributed by atoms with Gasteiger partial charge in [0.15, 0.2) is 0 Å². The summed E-state index contributed by atoms with van der Waals surface area (Å²) < 4.78 is 1.00. The number of pyridine rings is 1. The zero-order valence-electron chi connectivity index (χ0n) is 9.28. The van der Waals surface area contributed by atoms with Gasteiger partial charge in [-0.05, 0) is 55.2 Å². The third kappa shape index (κ3) is 2.23. The molecule has 3 heteroatoms. The first-order valence-electron chi connectivity index (χ1n) is 5.56. The van der Waals surface area contributed by atoms with Crippen molar-refractivity contribution >= 4 is 15.9 Å². The molecule has 2 nitrogen and oxygen atoms in total. The Morgan fingerprint density at radius 1 is 1.53 bits per heavy atom. The van der Waals surface area contributed by atoms with E-state index in [9.17, 15) is 0 Å². The SMILES string of the molecule is CC(C)N1CCCC1c1cccnc1Br. The summed E-state index contributed by atoms with van der Waals surface area (Å²) in [5.74, 6) is 0. The molecule has 0 amide bonds. The minimum absolute atomic E-state index is 0.549. The molecule has 1 aromatic heterocycles. The van der Waals surface area contributed by atoms with Crippen LogP contribution in [0.2, 0.25) is 0 Å². The van der Waals surface area contributed by atoms with Gasteiger partial charge in [-0.15, -0.1) is 0 Å². The van der Waals surface area contributed by atoms with Gasteiger partial charge in [-0.3, -0.25) is 4.90 Å². The van der Waals surface area contributed by atoms with Crippen LogP contribution in [0.15, 0.2) is 22.9 Å². The predicted molar refractivity (Wildman–Crippen MR) is 65.8 cm³/mol. The normalized spacial score (nSPS) is 22.5. The second-order valence-corrected chi connectivity index (χ2v) is 5.12. The van der Waals surface area contributed by atoms with E-state index in [2.05, 4.69) is 45.7 Å². The Morgan fingerprint density at radius 3 is 3.00 bits per heavy atom. The predicted octanol–water partition coefficient (Wildman–Crippen LogP) is 3.39. The van der Waals surface area contributed by atoms with Gasteiger partial charge in [-0.25, -0.2) is 4.98 Å². The smallest absolute Gasteiger partial charge is 0.110 e. The van der Waals surface area contributed by atoms with Crippen LogP contribution in [0.25, 0.3) is 0 Å². The molecule has 15 heavy (non-hydrogen) atoms. The van der Waals surface area contributed by atoms with Crippen LogP contribution in [0.1, 0.15) is 38.3 Å². The van der Waals surface area contributed by atoms with Crippen LogP contribution in [0.3, 0.4) is 0 Å². The Hall–Kier alpha value is -0.410. The van der Waals surface area contributed by atoms with Gasteiger partial charge in [0.25, 0.3) is 0 Å². The Labute approximate surface area is 99.8 Å². The van der Waals surface area contributed by atoms with Crippen molar-refractivity contribution < 1.29 is 0 Å². The molecule has 0 aliphatic carbocycles. The Morgan fingerprint density at radius 2 is 2.33 bits per heavy atom. The number of halogens is 1. The number of rotatable bonds is 2. The van der Waals surface area contributed by atoms with Crippen molar-refractivity contribution in [2.45, 2.75) is 38.8 Å². The molecule has 0 spiro atoms. The molecule has 0 aromatic carbocycles. The number of nitrogens with zero attached hydrogens (tertiary/aromatic N) is 2. The highest BCUT2D eigenvalue weighted by atomic mass is 79.9. The van der Waals surface area contributed by atoms with E-state index in [0.29, 0.717) is 12.1 Å². The number of hydrogen-bond acceptors (Lipinski definition) is 2. The van der Waals surface area contributed by atoms with Crippen molar-refractivity contribution in [1.82, 2.24) is 9.88 Å². The molecule has 1 aromatic rings. The molecule has 1 aliphatic heterocycles. The Kier molecular flexibility index (Phi) is 3.42. The Balaban J connectivity index is 2.27. The van der Waals surface area contributed by atoms with Crippen LogP contribution >= 0.6 is 15.9 Å². The van der Waals surface area contributed by atoms with E-state index in [1.807, 2.05) is 12.3 Å². The molecule has 0 saturated carbocycles. The number of likely N-dealkylation sites (tertiary alicyclic amines) is 1. The van der Waals surface area contributed by atoms with Gasteiger partial charge >= 0.3 is 0 Å². The molecule has 1 atom stereocenters. The molecular formula is C12H17BrN2. The van der Waals surface area contributed by atoms with E-state index < -0.39 is 0 Å². The topological polar surface area (TPSA) is 16.1 Å². The van der Waals surface area contributed by atoms with Crippen molar-refractivity contribution in [2.75, 3.05) is 6.54 Å². The summed E-state index contributed by atoms with van der Waals surface area (Å²) in [5.41, 5.74) is 1.34. The second-order valence-electron chi connectivity index (χ2n) is 4.37. The fourth-order valence-electron chi connectivity index (χ4n) is 2.39. The van der Waals surface area contributed by atoms with Crippen LogP contribution in [0.5, 0.6) is 0 Å². The zero-order valence-corrected chi connectivity index (χ0v) is 10.9. The van der Waals surface area contributed by atoms with Crippen LogP contribution in [0.4, 0.5) is 0 Å². The highest BCUT2D eigenvalue weighted by molar-refractivity contribution is 9.10. The molecule has 0 radical (unpaired) electrons. The summed E-state index contributed by atoms with van der Waals surface area (Å²) in [6, 6.07) is 5.37. The molecule has 2 rings (SSSR count). The fraction of sp³-hybridized carbons (Fsp3) is 0.583. The molecular weight excluding hydrogens is 252 g/mol. The first-order chi connectivity index (χ1) is 7.20. The van der Waals surface area contributed by atoms with Gasteiger partial charge < -0.3 is 0 Å². The van der Waals surface area contributed by atoms with Crippen molar-refractivity contribution in [3.05, 3.63) is 28.5 Å². The van der Waals surface area contributed by atoms with E-state index in [1.165, 1.54) is 24.9 Å². The maximum absolute atomic E-state index is 4.31. The summed E-state index contributed by atoms with van der Waals surface area (Å²) in [5, 5.41) is 0. The molecule has 0 bridgehead atoms. The molecule has 1 fully saturated rings. The van der Waals surface area contributed by atoms with Gasteiger partial charge in [0, 0.05) is 23.8 Å². The van der Waals surface area contributed by atoms with Crippen molar-refractivity contribution in [3.63, 3.8) is 0 Å². The molecule has 1 saturated heterocycles. The quantitative estimate of drug-likeness (QED) is 0.765. The fourth-order valence-corrected chi connectivity index (χ4v) is 2.90. The lowest BCUT2D eigenvalue weighted by Gasteiger charge is -2.28. The van der Waals surface area contributed by atoms with E-state index in [-0.39, 0.29) is 0 Å². The van der Waals surface area contributed by atoms with Crippen LogP contribution < -0.4 is 0 Å². The van der Waals surface area contributed by atoms with Gasteiger partial charge in [-0.1, -0.05) is 6.07 Å². The monoisotopic (exact) mass is 268 g/mol. The second kappa shape index (κ2) is 4.62. The third-order valence-corrected chi connectivity index (χ3v) is 3.77. The van der Waals surface area contributed by atoms with E-state index in [1.54, 1.807) is 0 Å². The van der Waals surface area contributed by atoms with Crippen molar-refractivity contribution in [2.24, 2.45) is 0 Å². The molecule has 82 valence electrons. The average molecular weight is 269 g/mol. The minimum Gasteiger partial charge on any atom is -0.294 e. The lowest BCUT2D eigenvalue weighted by molar-refractivity contribution is 0.204. The molecule has 1 unspecified atom stereocenters. The number of aromatic nitrogens is 1. The first kappa shape index (κ1) is 11.1. The maximum atomic E-state index is 4.31. The largest absolute Gasteiger partial charge is 0.294 e. The van der Waals surface area contributed by atoms with Crippen molar-refractivity contribution in [3.8, 4) is 0 Å². The summed E-state index contributed by atoms with van der Waals surface area (Å²) in [6.45, 7) is 5.74. The molecule has 2 heterocycles. The summed E-state index contributed by atoms with van der Waals surface area (Å²) >= 11 is 3.55. The van der Waals surface area contributed by atoms with E-state index in [0.717, 1.165) is 4.60 Å². The third-order valence-electron chi connectivity index (χ3n) is 3.10. The minimum atomic E-state index is 0.549. The highest BCUT2D eigenvalue weighted by Gasteiger charge is 2.29. The zero-order chi connectivity index (χ0) is 10.8. The van der Waals surface area contributed by atoms with Gasteiger partial charge in [-0.2, -0.15) is 0 Å². The maximum Gasteiger partial charge on any atom is 0.110 e. The van der Waals surface area contributed by atoms with Crippen LogP contribution in [0, 0.1) is 0 Å². The van der Waals surface area contributed by atoms with Gasteiger partial charge in [0.1, 0.15) is 4.60 Å². The standard InChI is InChI=1S/C12H17BrN2/c1-9(2)15-8-4-6-11(15)10-5-3-7-14-12(10)13/h3,5,7,9,11H,4,6,8H2,1-2H3. The molecule has 1 aliphatic rings. The lowest BCUT2D eigenvalue weighted by atomic mass is 10.1. The van der Waals surface area contributed by atoms with Crippen LogP contribution in [-0.2, 0) is 0 Å². The van der Waals surface area contributed by atoms with Gasteiger partial charge in [0.05, 0.1) is 0 Å². The van der Waals surface area contributed by atoms with E-state index >= 15 is 0 Å². The first-order valence-corrected chi connectivity index (χ1v) is 6.35. The summed E-state index contributed by atoms with van der Waals surface area (Å²) in [7, 11) is 0. The number of hydrogen-bond donors (Lipinski definition) is 0. The summed E-state index contributed by atoms with van der Waals surface area (Å²) in [6.07, 6.45) is 4.38. The molecule has 0 N–H and O–H groups in total. The average Bonchev–Trinajstić information content (AvgIpc) is 2.67. The highest BCUT2D eigenvalue weighted by Crippen LogP contribution is 2.35.